The van der Waals surface area contributed by atoms with Crippen LogP contribution < -0.4 is 16.0 Å². The Balaban J connectivity index is 1.99. The monoisotopic (exact) mass is 425 g/mol. The predicted octanol–water partition coefficient (Wildman–Crippen LogP) is 0.304. The third-order valence-electron chi connectivity index (χ3n) is 4.23. The van der Waals surface area contributed by atoms with Gasteiger partial charge in [0.1, 0.15) is 6.04 Å². The first-order valence-corrected chi connectivity index (χ1v) is 9.57. The molecule has 0 aliphatic rings. The van der Waals surface area contributed by atoms with Gasteiger partial charge in [-0.15, -0.1) is 0 Å². The van der Waals surface area contributed by atoms with Crippen molar-refractivity contribution in [2.24, 2.45) is 0 Å². The van der Waals surface area contributed by atoms with Gasteiger partial charge in [0, 0.05) is 18.5 Å². The van der Waals surface area contributed by atoms with Crippen LogP contribution in [0, 0.1) is 0 Å². The van der Waals surface area contributed by atoms with Crippen LogP contribution in [0.15, 0.2) is 60.7 Å². The Morgan fingerprint density at radius 3 is 2.06 bits per heavy atom. The summed E-state index contributed by atoms with van der Waals surface area (Å²) in [6, 6.07) is 15.9. The van der Waals surface area contributed by atoms with Crippen molar-refractivity contribution in [2.45, 2.75) is 18.9 Å². The fraction of sp³-hybridized carbons (Fsp3) is 0.227. The van der Waals surface area contributed by atoms with Crippen LogP contribution in [-0.2, 0) is 25.6 Å². The fourth-order valence-corrected chi connectivity index (χ4v) is 2.68. The zero-order valence-electron chi connectivity index (χ0n) is 16.7. The summed E-state index contributed by atoms with van der Waals surface area (Å²) in [5, 5.41) is 15.8. The number of carbonyl (C=O) groups excluding carboxylic acids is 4. The Labute approximate surface area is 178 Å². The van der Waals surface area contributed by atoms with E-state index in [-0.39, 0.29) is 25.9 Å². The number of carboxylic acids is 1. The molecule has 0 aromatic heterocycles. The molecule has 0 saturated carbocycles. The number of nitrogens with one attached hydrogen (secondary N) is 3. The Hall–Kier alpha value is -4.01. The van der Waals surface area contributed by atoms with E-state index in [9.17, 15) is 24.0 Å². The quantitative estimate of drug-likeness (QED) is 0.382. The molecule has 0 heterocycles. The highest BCUT2D eigenvalue weighted by molar-refractivity contribution is 6.38. The smallest absolute Gasteiger partial charge is 0.305 e. The fourth-order valence-electron chi connectivity index (χ4n) is 2.68. The highest BCUT2D eigenvalue weighted by Gasteiger charge is 2.27. The van der Waals surface area contributed by atoms with Gasteiger partial charge in [0.05, 0.1) is 13.0 Å². The SMILES string of the molecule is O=C(O)CCNC(=O)C(=O)[C@H](Cc1ccccc1)NC(=O)CNC(=O)c1ccccc1. The van der Waals surface area contributed by atoms with E-state index in [0.717, 1.165) is 0 Å². The standard InChI is InChI=1S/C22H23N3O6/c26-18(14-24-21(30)16-9-5-2-6-10-16)25-17(13-15-7-3-1-4-8-15)20(29)22(31)23-12-11-19(27)28/h1-10,17H,11-14H2,(H,23,31)(H,24,30)(H,25,26)(H,27,28)/t17-/m0/s1. The summed E-state index contributed by atoms with van der Waals surface area (Å²) in [6.45, 7) is -0.591. The molecule has 31 heavy (non-hydrogen) atoms. The topological polar surface area (TPSA) is 142 Å². The largest absolute Gasteiger partial charge is 0.481 e. The van der Waals surface area contributed by atoms with Crippen molar-refractivity contribution in [3.63, 3.8) is 0 Å². The number of hydrogen-bond acceptors (Lipinski definition) is 5. The zero-order chi connectivity index (χ0) is 22.6. The number of carbonyl (C=O) groups is 5. The minimum Gasteiger partial charge on any atom is -0.481 e. The molecule has 0 aliphatic heterocycles. The summed E-state index contributed by atoms with van der Waals surface area (Å²) in [5.41, 5.74) is 1.10. The average molecular weight is 425 g/mol. The molecule has 9 nitrogen and oxygen atoms in total. The second-order valence-electron chi connectivity index (χ2n) is 6.62. The van der Waals surface area contributed by atoms with Crippen LogP contribution in [0.3, 0.4) is 0 Å². The molecule has 9 heteroatoms. The maximum absolute atomic E-state index is 12.6. The molecule has 2 aromatic rings. The number of ketones is 1. The third kappa shape index (κ3) is 8.09. The first-order chi connectivity index (χ1) is 14.9. The summed E-state index contributed by atoms with van der Waals surface area (Å²) in [4.78, 5) is 59.6. The Kier molecular flexibility index (Phi) is 8.90. The van der Waals surface area contributed by atoms with Crippen LogP contribution in [0.5, 0.6) is 0 Å². The number of carboxylic acid groups (broad SMARTS) is 1. The predicted molar refractivity (Wildman–Crippen MR) is 111 cm³/mol. The molecule has 3 amide bonds. The van der Waals surface area contributed by atoms with E-state index < -0.39 is 35.5 Å². The van der Waals surface area contributed by atoms with E-state index in [4.69, 9.17) is 5.11 Å². The van der Waals surface area contributed by atoms with Crippen molar-refractivity contribution >= 4 is 29.5 Å². The lowest BCUT2D eigenvalue weighted by Gasteiger charge is -2.18. The molecule has 162 valence electrons. The van der Waals surface area contributed by atoms with Crippen LogP contribution in [0.2, 0.25) is 0 Å². The molecule has 2 rings (SSSR count). The molecule has 0 spiro atoms. The van der Waals surface area contributed by atoms with Crippen molar-refractivity contribution in [1.29, 1.82) is 0 Å². The van der Waals surface area contributed by atoms with Crippen molar-refractivity contribution in [3.05, 3.63) is 71.8 Å². The summed E-state index contributed by atoms with van der Waals surface area (Å²) >= 11 is 0. The van der Waals surface area contributed by atoms with E-state index in [1.54, 1.807) is 60.7 Å². The molecular formula is C22H23N3O6. The maximum atomic E-state index is 12.6. The molecule has 0 radical (unpaired) electrons. The molecular weight excluding hydrogens is 402 g/mol. The molecule has 4 N–H and O–H groups in total. The average Bonchev–Trinajstić information content (AvgIpc) is 2.77. The number of rotatable bonds is 11. The second-order valence-corrected chi connectivity index (χ2v) is 6.62. The zero-order valence-corrected chi connectivity index (χ0v) is 16.7. The van der Waals surface area contributed by atoms with E-state index in [2.05, 4.69) is 16.0 Å². The summed E-state index contributed by atoms with van der Waals surface area (Å²) in [7, 11) is 0. The molecule has 0 fully saturated rings. The Morgan fingerprint density at radius 2 is 1.45 bits per heavy atom. The number of hydrogen-bond donors (Lipinski definition) is 4. The molecule has 0 unspecified atom stereocenters. The summed E-state index contributed by atoms with van der Waals surface area (Å²) in [5.74, 6) is -4.10. The van der Waals surface area contributed by atoms with E-state index >= 15 is 0 Å². The number of aliphatic carboxylic acids is 1. The van der Waals surface area contributed by atoms with Crippen LogP contribution in [0.1, 0.15) is 22.3 Å². The number of amides is 3. The molecule has 0 bridgehead atoms. The Bertz CT molecular complexity index is 931. The van der Waals surface area contributed by atoms with Gasteiger partial charge in [0.15, 0.2) is 0 Å². The molecule has 0 aliphatic carbocycles. The minimum absolute atomic E-state index is 0.0599. The third-order valence-corrected chi connectivity index (χ3v) is 4.23. The molecule has 0 saturated heterocycles. The van der Waals surface area contributed by atoms with Gasteiger partial charge in [0.25, 0.3) is 11.8 Å². The van der Waals surface area contributed by atoms with Crippen LogP contribution in [-0.4, -0.2) is 53.7 Å². The van der Waals surface area contributed by atoms with E-state index in [1.807, 2.05) is 0 Å². The highest BCUT2D eigenvalue weighted by Crippen LogP contribution is 2.05. The van der Waals surface area contributed by atoms with E-state index in [1.165, 1.54) is 0 Å². The van der Waals surface area contributed by atoms with Crippen molar-refractivity contribution in [3.8, 4) is 0 Å². The van der Waals surface area contributed by atoms with Gasteiger partial charge in [-0.2, -0.15) is 0 Å². The Morgan fingerprint density at radius 1 is 0.839 bits per heavy atom. The highest BCUT2D eigenvalue weighted by atomic mass is 16.4. The maximum Gasteiger partial charge on any atom is 0.305 e. The number of benzene rings is 2. The van der Waals surface area contributed by atoms with Gasteiger partial charge in [-0.1, -0.05) is 48.5 Å². The van der Waals surface area contributed by atoms with Crippen LogP contribution >= 0.6 is 0 Å². The molecule has 2 aromatic carbocycles. The lowest BCUT2D eigenvalue weighted by molar-refractivity contribution is -0.140. The van der Waals surface area contributed by atoms with Gasteiger partial charge < -0.3 is 21.1 Å². The normalized spacial score (nSPS) is 11.1. The molecule has 1 atom stereocenters. The lowest BCUT2D eigenvalue weighted by Crippen LogP contribution is -2.51. The van der Waals surface area contributed by atoms with Gasteiger partial charge in [0.2, 0.25) is 11.7 Å². The van der Waals surface area contributed by atoms with Crippen molar-refractivity contribution in [1.82, 2.24) is 16.0 Å². The first-order valence-electron chi connectivity index (χ1n) is 9.57. The first kappa shape index (κ1) is 23.3. The summed E-state index contributed by atoms with van der Waals surface area (Å²) < 4.78 is 0. The van der Waals surface area contributed by atoms with Crippen molar-refractivity contribution in [2.75, 3.05) is 13.1 Å². The van der Waals surface area contributed by atoms with Crippen LogP contribution in [0.25, 0.3) is 0 Å². The van der Waals surface area contributed by atoms with Gasteiger partial charge >= 0.3 is 5.97 Å². The van der Waals surface area contributed by atoms with Crippen molar-refractivity contribution < 1.29 is 29.1 Å². The summed E-state index contributed by atoms with van der Waals surface area (Å²) in [6.07, 6.45) is -0.273. The van der Waals surface area contributed by atoms with Gasteiger partial charge in [-0.3, -0.25) is 24.0 Å². The second kappa shape index (κ2) is 11.9. The van der Waals surface area contributed by atoms with Gasteiger partial charge in [-0.25, -0.2) is 0 Å². The lowest BCUT2D eigenvalue weighted by atomic mass is 10.0. The van der Waals surface area contributed by atoms with Crippen LogP contribution in [0.4, 0.5) is 0 Å². The minimum atomic E-state index is -1.17. The number of Topliss-reactive ketones (excluding diaryl/α,β-unsaturated/α-hetero) is 1. The van der Waals surface area contributed by atoms with Gasteiger partial charge in [-0.05, 0) is 17.7 Å². The van der Waals surface area contributed by atoms with E-state index in [0.29, 0.717) is 11.1 Å².